The maximum atomic E-state index is 14.7. The number of nitrogens with zero attached hydrogens (tertiary/aromatic N) is 5. The number of aromatic nitrogens is 3. The van der Waals surface area contributed by atoms with Crippen LogP contribution in [-0.4, -0.2) is 59.1 Å². The average molecular weight is 630 g/mol. The molecule has 0 amide bonds. The quantitative estimate of drug-likeness (QED) is 0.221. The summed E-state index contributed by atoms with van der Waals surface area (Å²) in [7, 11) is 3.82. The number of nitrogens with one attached hydrogen (secondary N) is 2. The standard InChI is InChI=1S/C37H39N7O3/c1-37(2)33(32(45)29-14-8-9-15-30(29)43(37)4)44-34-24(21-31(35(44)46)42(3)26-11-6-5-7-12-26)22-39-36(41-34)40-25-16-18-27(19-17-25)47-28-13-10-20-38-23-28/h5-9,11-12,14-19,21-22,28,33,38H,10,13,20,23H2,1-4H3,(H,39,40,41). The second kappa shape index (κ2) is 12.2. The van der Waals surface area contributed by atoms with Crippen molar-refractivity contribution in [3.05, 3.63) is 107 Å². The summed E-state index contributed by atoms with van der Waals surface area (Å²) in [5.74, 6) is 0.980. The van der Waals surface area contributed by atoms with Crippen molar-refractivity contribution in [1.82, 2.24) is 19.9 Å². The van der Waals surface area contributed by atoms with Crippen LogP contribution in [0.2, 0.25) is 0 Å². The van der Waals surface area contributed by atoms with Crippen LogP contribution in [0.5, 0.6) is 5.75 Å². The van der Waals surface area contributed by atoms with Gasteiger partial charge in [-0.2, -0.15) is 4.98 Å². The van der Waals surface area contributed by atoms with Crippen LogP contribution in [0.1, 0.15) is 43.1 Å². The number of hydrogen-bond donors (Lipinski definition) is 2. The molecule has 2 aliphatic heterocycles. The summed E-state index contributed by atoms with van der Waals surface area (Å²) in [6.45, 7) is 5.86. The minimum atomic E-state index is -0.866. The van der Waals surface area contributed by atoms with Gasteiger partial charge in [-0.05, 0) is 87.8 Å². The summed E-state index contributed by atoms with van der Waals surface area (Å²) in [4.78, 5) is 42.5. The first-order valence-electron chi connectivity index (χ1n) is 16.0. The number of pyridine rings is 1. The Kier molecular flexibility index (Phi) is 7.89. The van der Waals surface area contributed by atoms with E-state index in [0.29, 0.717) is 28.2 Å². The number of ketones is 1. The van der Waals surface area contributed by atoms with Crippen molar-refractivity contribution in [3.63, 3.8) is 0 Å². The Balaban J connectivity index is 1.32. The zero-order valence-corrected chi connectivity index (χ0v) is 27.1. The van der Waals surface area contributed by atoms with Crippen LogP contribution < -0.4 is 30.7 Å². The molecular weight excluding hydrogens is 590 g/mol. The first-order chi connectivity index (χ1) is 22.7. The fourth-order valence-corrected chi connectivity index (χ4v) is 6.66. The Bertz CT molecular complexity index is 1990. The molecule has 2 unspecified atom stereocenters. The molecule has 7 rings (SSSR count). The molecular formula is C37H39N7O3. The van der Waals surface area contributed by atoms with Crippen molar-refractivity contribution in [1.29, 1.82) is 0 Å². The summed E-state index contributed by atoms with van der Waals surface area (Å²) in [6.07, 6.45) is 4.00. The lowest BCUT2D eigenvalue weighted by Gasteiger charge is -2.47. The van der Waals surface area contributed by atoms with Gasteiger partial charge >= 0.3 is 0 Å². The number of rotatable bonds is 7. The Labute approximate surface area is 274 Å². The van der Waals surface area contributed by atoms with Crippen LogP contribution >= 0.6 is 0 Å². The van der Waals surface area contributed by atoms with E-state index in [9.17, 15) is 9.59 Å². The van der Waals surface area contributed by atoms with Gasteiger partial charge in [-0.1, -0.05) is 30.3 Å². The molecule has 5 aromatic rings. The third-order valence-electron chi connectivity index (χ3n) is 9.50. The van der Waals surface area contributed by atoms with Crippen LogP contribution in [0.3, 0.4) is 0 Å². The molecule has 4 heterocycles. The van der Waals surface area contributed by atoms with E-state index in [1.807, 2.05) is 112 Å². The number of Topliss-reactive ketones (excluding diaryl/α,β-unsaturated/α-hetero) is 1. The third-order valence-corrected chi connectivity index (χ3v) is 9.50. The zero-order chi connectivity index (χ0) is 32.7. The molecule has 0 spiro atoms. The fourth-order valence-electron chi connectivity index (χ4n) is 6.66. The van der Waals surface area contributed by atoms with Gasteiger partial charge in [-0.3, -0.25) is 14.2 Å². The molecule has 2 aromatic heterocycles. The molecule has 0 aliphatic carbocycles. The number of benzene rings is 3. The number of hydrogen-bond acceptors (Lipinski definition) is 9. The lowest BCUT2D eigenvalue weighted by molar-refractivity contribution is 0.0859. The second-order valence-electron chi connectivity index (χ2n) is 12.8. The smallest absolute Gasteiger partial charge is 0.276 e. The van der Waals surface area contributed by atoms with Crippen molar-refractivity contribution in [2.45, 2.75) is 44.4 Å². The monoisotopic (exact) mass is 629 g/mol. The molecule has 3 aromatic carbocycles. The highest BCUT2D eigenvalue weighted by Crippen LogP contribution is 2.42. The van der Waals surface area contributed by atoms with E-state index in [1.54, 1.807) is 16.8 Å². The van der Waals surface area contributed by atoms with Gasteiger partial charge in [0.05, 0.1) is 5.54 Å². The van der Waals surface area contributed by atoms with E-state index >= 15 is 0 Å². The number of anilines is 5. The minimum absolute atomic E-state index is 0.136. The van der Waals surface area contributed by atoms with E-state index < -0.39 is 11.6 Å². The van der Waals surface area contributed by atoms with Gasteiger partial charge in [0, 0.05) is 54.8 Å². The molecule has 10 nitrogen and oxygen atoms in total. The van der Waals surface area contributed by atoms with E-state index in [4.69, 9.17) is 9.72 Å². The first-order valence-corrected chi connectivity index (χ1v) is 16.0. The molecule has 1 saturated heterocycles. The van der Waals surface area contributed by atoms with E-state index in [2.05, 4.69) is 20.5 Å². The Morgan fingerprint density at radius 2 is 1.74 bits per heavy atom. The Morgan fingerprint density at radius 1 is 1.00 bits per heavy atom. The topological polar surface area (TPSA) is 105 Å². The summed E-state index contributed by atoms with van der Waals surface area (Å²) < 4.78 is 7.71. The van der Waals surface area contributed by atoms with Crippen LogP contribution in [0.25, 0.3) is 11.0 Å². The van der Waals surface area contributed by atoms with Crippen LogP contribution in [0.15, 0.2) is 95.9 Å². The molecule has 10 heteroatoms. The molecule has 1 fully saturated rings. The molecule has 47 heavy (non-hydrogen) atoms. The highest BCUT2D eigenvalue weighted by molar-refractivity contribution is 6.07. The molecule has 0 radical (unpaired) electrons. The van der Waals surface area contributed by atoms with Crippen molar-refractivity contribution in [2.24, 2.45) is 0 Å². The summed E-state index contributed by atoms with van der Waals surface area (Å²) in [5, 5.41) is 7.30. The Hall–Kier alpha value is -5.22. The number of ether oxygens (including phenoxy) is 1. The van der Waals surface area contributed by atoms with Gasteiger partial charge in [0.15, 0.2) is 5.78 Å². The lowest BCUT2D eigenvalue weighted by atomic mass is 9.81. The van der Waals surface area contributed by atoms with E-state index in [1.165, 1.54) is 0 Å². The second-order valence-corrected chi connectivity index (χ2v) is 12.8. The van der Waals surface area contributed by atoms with Crippen molar-refractivity contribution >= 4 is 45.5 Å². The number of carbonyl (C=O) groups is 1. The van der Waals surface area contributed by atoms with Gasteiger partial charge in [-0.25, -0.2) is 4.98 Å². The normalized spacial score (nSPS) is 18.9. The first kappa shape index (κ1) is 30.4. The van der Waals surface area contributed by atoms with Gasteiger partial charge < -0.3 is 25.2 Å². The van der Waals surface area contributed by atoms with Crippen molar-refractivity contribution in [3.8, 4) is 5.75 Å². The summed E-state index contributed by atoms with van der Waals surface area (Å²) in [6, 6.07) is 25.9. The van der Waals surface area contributed by atoms with Gasteiger partial charge in [0.2, 0.25) is 5.95 Å². The van der Waals surface area contributed by atoms with Gasteiger partial charge in [-0.15, -0.1) is 0 Å². The van der Waals surface area contributed by atoms with Gasteiger partial charge in [0.1, 0.15) is 29.2 Å². The van der Waals surface area contributed by atoms with Crippen molar-refractivity contribution < 1.29 is 9.53 Å². The van der Waals surface area contributed by atoms with E-state index in [-0.39, 0.29) is 17.4 Å². The minimum Gasteiger partial charge on any atom is -0.489 e. The maximum Gasteiger partial charge on any atom is 0.276 e. The van der Waals surface area contributed by atoms with E-state index in [0.717, 1.165) is 48.7 Å². The summed E-state index contributed by atoms with van der Waals surface area (Å²) in [5.41, 5.74) is 2.73. The third kappa shape index (κ3) is 5.59. The lowest BCUT2D eigenvalue weighted by Crippen LogP contribution is -2.56. The average Bonchev–Trinajstić information content (AvgIpc) is 3.09. The van der Waals surface area contributed by atoms with Gasteiger partial charge in [0.25, 0.3) is 5.56 Å². The molecule has 2 N–H and O–H groups in total. The number of carbonyl (C=O) groups excluding carboxylic acids is 1. The fraction of sp³-hybridized carbons (Fsp3) is 0.297. The summed E-state index contributed by atoms with van der Waals surface area (Å²) >= 11 is 0. The molecule has 2 atom stereocenters. The van der Waals surface area contributed by atoms with Crippen LogP contribution in [-0.2, 0) is 0 Å². The SMILES string of the molecule is CN(c1ccccc1)c1cc2cnc(Nc3ccc(OC4CCCNC4)cc3)nc2n(C2C(=O)c3ccccc3N(C)C2(C)C)c1=O. The number of fused-ring (bicyclic) bond motifs is 2. The van der Waals surface area contributed by atoms with Crippen LogP contribution in [0, 0.1) is 0 Å². The largest absolute Gasteiger partial charge is 0.489 e. The maximum absolute atomic E-state index is 14.7. The van der Waals surface area contributed by atoms with Crippen LogP contribution in [0.4, 0.5) is 28.7 Å². The molecule has 0 bridgehead atoms. The molecule has 0 saturated carbocycles. The Morgan fingerprint density at radius 3 is 2.49 bits per heavy atom. The molecule has 2 aliphatic rings. The predicted octanol–water partition coefficient (Wildman–Crippen LogP) is 6.09. The highest BCUT2D eigenvalue weighted by atomic mass is 16.5. The molecule has 240 valence electrons. The predicted molar refractivity (Wildman–Crippen MR) is 187 cm³/mol. The number of para-hydroxylation sites is 2. The number of likely N-dealkylation sites (N-methyl/N-ethyl adjacent to an activating group) is 1. The van der Waals surface area contributed by atoms with Crippen molar-refractivity contribution in [2.75, 3.05) is 42.3 Å². The number of piperidine rings is 1. The highest BCUT2D eigenvalue weighted by Gasteiger charge is 2.47. The zero-order valence-electron chi connectivity index (χ0n) is 27.1.